The predicted octanol–water partition coefficient (Wildman–Crippen LogP) is 3.93. The Bertz CT molecular complexity index is 1070. The first-order valence-corrected chi connectivity index (χ1v) is 10.1. The van der Waals surface area contributed by atoms with Crippen LogP contribution in [0.1, 0.15) is 27.9 Å². The van der Waals surface area contributed by atoms with Crippen molar-refractivity contribution in [3.05, 3.63) is 95.6 Å². The third-order valence-electron chi connectivity index (χ3n) is 5.54. The first-order chi connectivity index (χ1) is 15.0. The molecule has 3 aromatic rings. The summed E-state index contributed by atoms with van der Waals surface area (Å²) in [4.78, 5) is 36.3. The monoisotopic (exact) mass is 414 g/mol. The molecule has 4 rings (SSSR count). The number of hydrogen-bond acceptors (Lipinski definition) is 4. The SMILES string of the molecule is O=C(O)C(=O)c1cccc2c1CCC(C(=O)NN(c1ccccc1)c1ccccc1)C2. The van der Waals surface area contributed by atoms with Crippen LogP contribution in [-0.4, -0.2) is 22.8 Å². The first-order valence-electron chi connectivity index (χ1n) is 10.1. The van der Waals surface area contributed by atoms with Crippen LogP contribution < -0.4 is 10.4 Å². The van der Waals surface area contributed by atoms with Crippen LogP contribution in [0.15, 0.2) is 78.9 Å². The lowest BCUT2D eigenvalue weighted by Crippen LogP contribution is -2.43. The van der Waals surface area contributed by atoms with Gasteiger partial charge in [-0.1, -0.05) is 54.6 Å². The van der Waals surface area contributed by atoms with Gasteiger partial charge in [-0.3, -0.25) is 20.0 Å². The van der Waals surface area contributed by atoms with Gasteiger partial charge in [0, 0.05) is 11.5 Å². The summed E-state index contributed by atoms with van der Waals surface area (Å²) < 4.78 is 0. The third-order valence-corrected chi connectivity index (χ3v) is 5.54. The number of carbonyl (C=O) groups excluding carboxylic acids is 2. The maximum absolute atomic E-state index is 13.2. The Kier molecular flexibility index (Phi) is 5.80. The number of nitrogens with one attached hydrogen (secondary N) is 1. The van der Waals surface area contributed by atoms with E-state index in [0.29, 0.717) is 19.3 Å². The molecule has 1 aliphatic carbocycles. The van der Waals surface area contributed by atoms with Crippen LogP contribution in [0.3, 0.4) is 0 Å². The Labute approximate surface area is 180 Å². The molecule has 156 valence electrons. The van der Waals surface area contributed by atoms with E-state index in [9.17, 15) is 14.4 Å². The van der Waals surface area contributed by atoms with E-state index < -0.39 is 11.8 Å². The Morgan fingerprint density at radius 1 is 0.839 bits per heavy atom. The Hall–Kier alpha value is -3.93. The lowest BCUT2D eigenvalue weighted by Gasteiger charge is -2.30. The molecule has 3 aromatic carbocycles. The number of para-hydroxylation sites is 2. The molecule has 1 aliphatic rings. The molecule has 6 nitrogen and oxygen atoms in total. The number of Topliss-reactive ketones (excluding diaryl/α,β-unsaturated/α-hetero) is 1. The van der Waals surface area contributed by atoms with E-state index >= 15 is 0 Å². The highest BCUT2D eigenvalue weighted by atomic mass is 16.4. The largest absolute Gasteiger partial charge is 0.475 e. The molecular formula is C25H22N2O4. The number of benzene rings is 3. The number of carboxylic acids is 1. The highest BCUT2D eigenvalue weighted by Gasteiger charge is 2.29. The Morgan fingerprint density at radius 3 is 2.03 bits per heavy atom. The number of hydrogen-bond donors (Lipinski definition) is 2. The van der Waals surface area contributed by atoms with E-state index in [1.165, 1.54) is 0 Å². The molecule has 0 aromatic heterocycles. The summed E-state index contributed by atoms with van der Waals surface area (Å²) in [7, 11) is 0. The number of nitrogens with zero attached hydrogens (tertiary/aromatic N) is 1. The van der Waals surface area contributed by atoms with E-state index in [1.54, 1.807) is 17.1 Å². The van der Waals surface area contributed by atoms with Crippen LogP contribution in [0, 0.1) is 5.92 Å². The van der Waals surface area contributed by atoms with Gasteiger partial charge in [-0.25, -0.2) is 4.79 Å². The average Bonchev–Trinajstić information content (AvgIpc) is 2.82. The molecule has 31 heavy (non-hydrogen) atoms. The predicted molar refractivity (Wildman–Crippen MR) is 117 cm³/mol. The van der Waals surface area contributed by atoms with E-state index in [2.05, 4.69) is 5.43 Å². The lowest BCUT2D eigenvalue weighted by atomic mass is 9.80. The van der Waals surface area contributed by atoms with Gasteiger partial charge in [0.15, 0.2) is 0 Å². The molecule has 1 atom stereocenters. The quantitative estimate of drug-likeness (QED) is 0.363. The zero-order chi connectivity index (χ0) is 21.8. The van der Waals surface area contributed by atoms with Gasteiger partial charge in [-0.05, 0) is 54.7 Å². The standard InChI is InChI=1S/C25H22N2O4/c28-23(25(30)31)22-13-7-8-17-16-18(14-15-21(17)22)24(29)26-27(19-9-3-1-4-10-19)20-11-5-2-6-12-20/h1-13,18H,14-16H2,(H,26,29)(H,30,31). The molecule has 0 radical (unpaired) electrons. The lowest BCUT2D eigenvalue weighted by molar-refractivity contribution is -0.132. The van der Waals surface area contributed by atoms with Crippen molar-refractivity contribution in [3.8, 4) is 0 Å². The van der Waals surface area contributed by atoms with Crippen molar-refractivity contribution in [3.63, 3.8) is 0 Å². The van der Waals surface area contributed by atoms with Crippen LogP contribution in [-0.2, 0) is 22.4 Å². The highest BCUT2D eigenvalue weighted by molar-refractivity contribution is 6.40. The fourth-order valence-corrected chi connectivity index (χ4v) is 3.99. The molecule has 0 fully saturated rings. The van der Waals surface area contributed by atoms with Crippen molar-refractivity contribution in [2.24, 2.45) is 5.92 Å². The van der Waals surface area contributed by atoms with Crippen molar-refractivity contribution in [1.82, 2.24) is 5.43 Å². The normalized spacial score (nSPS) is 14.9. The molecule has 6 heteroatoms. The van der Waals surface area contributed by atoms with E-state index in [4.69, 9.17) is 5.11 Å². The number of hydrazine groups is 1. The minimum absolute atomic E-state index is 0.117. The molecule has 0 aliphatic heterocycles. The second-order valence-electron chi connectivity index (χ2n) is 7.50. The summed E-state index contributed by atoms with van der Waals surface area (Å²) in [5.74, 6) is -2.76. The second kappa shape index (κ2) is 8.83. The summed E-state index contributed by atoms with van der Waals surface area (Å²) in [5, 5.41) is 10.8. The van der Waals surface area contributed by atoms with Crippen molar-refractivity contribution in [2.75, 3.05) is 5.01 Å². The van der Waals surface area contributed by atoms with E-state index in [-0.39, 0.29) is 17.4 Å². The summed E-state index contributed by atoms with van der Waals surface area (Å²) >= 11 is 0. The third kappa shape index (κ3) is 4.33. The average molecular weight is 414 g/mol. The van der Waals surface area contributed by atoms with Gasteiger partial charge in [0.05, 0.1) is 11.4 Å². The second-order valence-corrected chi connectivity index (χ2v) is 7.50. The summed E-state index contributed by atoms with van der Waals surface area (Å²) in [6.45, 7) is 0. The number of carboxylic acid groups (broad SMARTS) is 1. The van der Waals surface area contributed by atoms with Gasteiger partial charge in [0.25, 0.3) is 5.78 Å². The molecule has 1 unspecified atom stereocenters. The molecule has 0 saturated carbocycles. The van der Waals surface area contributed by atoms with Crippen LogP contribution >= 0.6 is 0 Å². The van der Waals surface area contributed by atoms with Gasteiger partial charge >= 0.3 is 5.97 Å². The van der Waals surface area contributed by atoms with Crippen LogP contribution in [0.2, 0.25) is 0 Å². The highest BCUT2D eigenvalue weighted by Crippen LogP contribution is 2.30. The molecule has 0 saturated heterocycles. The minimum atomic E-state index is -1.46. The number of anilines is 2. The van der Waals surface area contributed by atoms with Crippen molar-refractivity contribution >= 4 is 29.0 Å². The van der Waals surface area contributed by atoms with E-state index in [1.807, 2.05) is 66.7 Å². The molecule has 0 bridgehead atoms. The summed E-state index contributed by atoms with van der Waals surface area (Å²) in [6, 6.07) is 24.3. The molecule has 0 spiro atoms. The fraction of sp³-hybridized carbons (Fsp3) is 0.160. The zero-order valence-corrected chi connectivity index (χ0v) is 16.8. The smallest absolute Gasteiger partial charge is 0.377 e. The maximum Gasteiger partial charge on any atom is 0.377 e. The summed E-state index contributed by atoms with van der Waals surface area (Å²) in [6.07, 6.45) is 1.48. The topological polar surface area (TPSA) is 86.7 Å². The molecular weight excluding hydrogens is 392 g/mol. The number of aliphatic carboxylic acids is 1. The van der Waals surface area contributed by atoms with Gasteiger partial charge in [0.1, 0.15) is 0 Å². The molecule has 1 amide bonds. The van der Waals surface area contributed by atoms with Crippen molar-refractivity contribution < 1.29 is 19.5 Å². The fourth-order valence-electron chi connectivity index (χ4n) is 3.99. The first kappa shape index (κ1) is 20.3. The number of amides is 1. The van der Waals surface area contributed by atoms with E-state index in [0.717, 1.165) is 22.5 Å². The molecule has 2 N–H and O–H groups in total. The Balaban J connectivity index is 1.56. The van der Waals surface area contributed by atoms with Gasteiger partial charge in [-0.2, -0.15) is 0 Å². The van der Waals surface area contributed by atoms with Crippen LogP contribution in [0.25, 0.3) is 0 Å². The number of fused-ring (bicyclic) bond motifs is 1. The van der Waals surface area contributed by atoms with Gasteiger partial charge in [0.2, 0.25) is 5.91 Å². The number of rotatable bonds is 6. The number of carbonyl (C=O) groups is 3. The van der Waals surface area contributed by atoms with Gasteiger partial charge in [-0.15, -0.1) is 0 Å². The van der Waals surface area contributed by atoms with Gasteiger partial charge < -0.3 is 5.11 Å². The van der Waals surface area contributed by atoms with Crippen molar-refractivity contribution in [1.29, 1.82) is 0 Å². The summed E-state index contributed by atoms with van der Waals surface area (Å²) in [5.41, 5.74) is 6.53. The van der Waals surface area contributed by atoms with Crippen molar-refractivity contribution in [2.45, 2.75) is 19.3 Å². The minimum Gasteiger partial charge on any atom is -0.475 e. The molecule has 0 heterocycles. The van der Waals surface area contributed by atoms with Crippen LogP contribution in [0.5, 0.6) is 0 Å². The maximum atomic E-state index is 13.2. The Morgan fingerprint density at radius 2 is 1.45 bits per heavy atom. The van der Waals surface area contributed by atoms with Crippen LogP contribution in [0.4, 0.5) is 11.4 Å². The number of ketones is 1. The zero-order valence-electron chi connectivity index (χ0n) is 16.8.